The van der Waals surface area contributed by atoms with Crippen LogP contribution in [0.1, 0.15) is 33.2 Å². The lowest BCUT2D eigenvalue weighted by atomic mass is 10.0. The minimum Gasteiger partial charge on any atom is -0.489 e. The van der Waals surface area contributed by atoms with Crippen LogP contribution in [0.5, 0.6) is 5.75 Å². The van der Waals surface area contributed by atoms with E-state index in [-0.39, 0.29) is 11.2 Å². The van der Waals surface area contributed by atoms with E-state index < -0.39 is 0 Å². The second kappa shape index (κ2) is 7.48. The number of nitrogens with one attached hydrogen (secondary N) is 2. The summed E-state index contributed by atoms with van der Waals surface area (Å²) in [6, 6.07) is 16.3. The number of hydrogen-bond donors (Lipinski definition) is 2. The number of ether oxygens (including phenoxy) is 1. The molecular formula is C21H21N3O2S. The molecule has 5 nitrogen and oxygen atoms in total. The lowest BCUT2D eigenvalue weighted by Crippen LogP contribution is -2.12. The number of aromatic amines is 1. The molecule has 0 saturated carbocycles. The van der Waals surface area contributed by atoms with E-state index in [1.54, 1.807) is 11.8 Å². The van der Waals surface area contributed by atoms with Crippen LogP contribution in [-0.4, -0.2) is 21.9 Å². The van der Waals surface area contributed by atoms with Crippen molar-refractivity contribution in [1.29, 1.82) is 0 Å². The van der Waals surface area contributed by atoms with Crippen LogP contribution in [0.25, 0.3) is 0 Å². The number of amides is 1. The highest BCUT2D eigenvalue weighted by atomic mass is 32.2. The molecule has 0 saturated heterocycles. The van der Waals surface area contributed by atoms with Crippen LogP contribution in [0.3, 0.4) is 0 Å². The largest absolute Gasteiger partial charge is 0.489 e. The first-order valence-electron chi connectivity index (χ1n) is 8.85. The lowest BCUT2D eigenvalue weighted by molar-refractivity contribution is -0.113. The van der Waals surface area contributed by atoms with Crippen molar-refractivity contribution in [3.63, 3.8) is 0 Å². The molecule has 4 rings (SSSR count). The lowest BCUT2D eigenvalue weighted by Gasteiger charge is -2.16. The standard InChI is InChI=1S/C21H21N3O2S/c1-13-5-3-4-6-16(13)11-26-17-9-7-15(8-10-17)20-19-14(2)23-24-21(19)22-18(25)12-27-20/h3-10,20H,11-12H2,1-2H3,(H2,22,23,24,25)/t20-/m1/s1. The maximum Gasteiger partial charge on any atom is 0.235 e. The average Bonchev–Trinajstić information content (AvgIpc) is 2.93. The van der Waals surface area contributed by atoms with Gasteiger partial charge in [0.1, 0.15) is 12.4 Å². The summed E-state index contributed by atoms with van der Waals surface area (Å²) in [6.45, 7) is 4.62. The number of thioether (sulfide) groups is 1. The van der Waals surface area contributed by atoms with Crippen LogP contribution in [0.4, 0.5) is 5.82 Å². The summed E-state index contributed by atoms with van der Waals surface area (Å²) >= 11 is 1.61. The molecule has 138 valence electrons. The van der Waals surface area contributed by atoms with Gasteiger partial charge in [0.05, 0.1) is 11.0 Å². The number of aromatic nitrogens is 2. The predicted octanol–water partition coefficient (Wildman–Crippen LogP) is 4.38. The molecule has 2 aromatic carbocycles. The topological polar surface area (TPSA) is 67.0 Å². The van der Waals surface area contributed by atoms with E-state index in [1.807, 2.05) is 31.2 Å². The minimum absolute atomic E-state index is 0.0200. The van der Waals surface area contributed by atoms with Crippen LogP contribution >= 0.6 is 11.8 Å². The molecule has 1 amide bonds. The van der Waals surface area contributed by atoms with Crippen LogP contribution in [0, 0.1) is 13.8 Å². The van der Waals surface area contributed by atoms with E-state index in [0.717, 1.165) is 22.6 Å². The van der Waals surface area contributed by atoms with Gasteiger partial charge >= 0.3 is 0 Å². The second-order valence-corrected chi connectivity index (χ2v) is 7.73. The summed E-state index contributed by atoms with van der Waals surface area (Å²) in [5.74, 6) is 1.85. The van der Waals surface area contributed by atoms with E-state index in [4.69, 9.17) is 4.74 Å². The SMILES string of the molecule is Cc1ccccc1COc1ccc([C@H]2SCC(=O)Nc3n[nH]c(C)c32)cc1. The van der Waals surface area contributed by atoms with Crippen LogP contribution in [0.15, 0.2) is 48.5 Å². The summed E-state index contributed by atoms with van der Waals surface area (Å²) in [5, 5.41) is 10.1. The zero-order chi connectivity index (χ0) is 18.8. The van der Waals surface area contributed by atoms with E-state index in [2.05, 4.69) is 46.7 Å². The van der Waals surface area contributed by atoms with Gasteiger partial charge in [-0.2, -0.15) is 5.10 Å². The van der Waals surface area contributed by atoms with Gasteiger partial charge in [0.25, 0.3) is 0 Å². The number of benzene rings is 2. The molecule has 0 spiro atoms. The predicted molar refractivity (Wildman–Crippen MR) is 108 cm³/mol. The Hall–Kier alpha value is -2.73. The van der Waals surface area contributed by atoms with Gasteiger partial charge in [0, 0.05) is 11.3 Å². The van der Waals surface area contributed by atoms with Gasteiger partial charge in [0.15, 0.2) is 5.82 Å². The molecule has 0 bridgehead atoms. The Labute approximate surface area is 162 Å². The first kappa shape index (κ1) is 17.7. The monoisotopic (exact) mass is 379 g/mol. The number of nitrogens with zero attached hydrogens (tertiary/aromatic N) is 1. The highest BCUT2D eigenvalue weighted by molar-refractivity contribution is 8.00. The minimum atomic E-state index is -0.0200. The van der Waals surface area contributed by atoms with Gasteiger partial charge in [-0.05, 0) is 42.7 Å². The van der Waals surface area contributed by atoms with Gasteiger partial charge in [0.2, 0.25) is 5.91 Å². The smallest absolute Gasteiger partial charge is 0.235 e. The first-order chi connectivity index (χ1) is 13.1. The highest BCUT2D eigenvalue weighted by Crippen LogP contribution is 2.42. The fourth-order valence-electron chi connectivity index (χ4n) is 3.20. The molecule has 0 aliphatic carbocycles. The zero-order valence-corrected chi connectivity index (χ0v) is 16.1. The Morgan fingerprint density at radius 1 is 1.15 bits per heavy atom. The maximum absolute atomic E-state index is 11.9. The van der Waals surface area contributed by atoms with Crippen molar-refractivity contribution in [2.75, 3.05) is 11.1 Å². The molecule has 27 heavy (non-hydrogen) atoms. The molecule has 1 aromatic heterocycles. The third-order valence-corrected chi connectivity index (χ3v) is 6.00. The van der Waals surface area contributed by atoms with Crippen molar-refractivity contribution in [2.45, 2.75) is 25.7 Å². The van der Waals surface area contributed by atoms with Crippen molar-refractivity contribution < 1.29 is 9.53 Å². The first-order valence-corrected chi connectivity index (χ1v) is 9.90. The number of rotatable bonds is 4. The average molecular weight is 379 g/mol. The number of fused-ring (bicyclic) bond motifs is 1. The molecular weight excluding hydrogens is 358 g/mol. The molecule has 0 unspecified atom stereocenters. The van der Waals surface area contributed by atoms with E-state index in [1.165, 1.54) is 11.1 Å². The van der Waals surface area contributed by atoms with Gasteiger partial charge in [-0.3, -0.25) is 9.89 Å². The van der Waals surface area contributed by atoms with E-state index in [0.29, 0.717) is 18.2 Å². The van der Waals surface area contributed by atoms with Gasteiger partial charge in [-0.25, -0.2) is 0 Å². The fourth-order valence-corrected chi connectivity index (χ4v) is 4.39. The van der Waals surface area contributed by atoms with Crippen molar-refractivity contribution in [2.24, 2.45) is 0 Å². The summed E-state index contributed by atoms with van der Waals surface area (Å²) < 4.78 is 5.94. The molecule has 2 heterocycles. The Morgan fingerprint density at radius 2 is 1.93 bits per heavy atom. The second-order valence-electron chi connectivity index (χ2n) is 6.63. The molecule has 3 aromatic rings. The van der Waals surface area contributed by atoms with Gasteiger partial charge in [-0.1, -0.05) is 36.4 Å². The summed E-state index contributed by atoms with van der Waals surface area (Å²) in [5.41, 5.74) is 5.56. The summed E-state index contributed by atoms with van der Waals surface area (Å²) in [4.78, 5) is 11.9. The van der Waals surface area contributed by atoms with Crippen molar-refractivity contribution in [3.05, 3.63) is 76.5 Å². The maximum atomic E-state index is 11.9. The van der Waals surface area contributed by atoms with Gasteiger partial charge in [-0.15, -0.1) is 11.8 Å². The third kappa shape index (κ3) is 3.71. The van der Waals surface area contributed by atoms with Crippen LogP contribution in [0.2, 0.25) is 0 Å². The fraction of sp³-hybridized carbons (Fsp3) is 0.238. The number of carbonyl (C=O) groups is 1. The van der Waals surface area contributed by atoms with Crippen LogP contribution < -0.4 is 10.1 Å². The van der Waals surface area contributed by atoms with Crippen molar-refractivity contribution in [3.8, 4) is 5.75 Å². The third-order valence-electron chi connectivity index (χ3n) is 4.73. The van der Waals surface area contributed by atoms with E-state index in [9.17, 15) is 4.79 Å². The van der Waals surface area contributed by atoms with E-state index >= 15 is 0 Å². The molecule has 0 fully saturated rings. The normalized spacial score (nSPS) is 16.4. The summed E-state index contributed by atoms with van der Waals surface area (Å²) in [6.07, 6.45) is 0. The van der Waals surface area contributed by atoms with Crippen molar-refractivity contribution in [1.82, 2.24) is 10.2 Å². The molecule has 1 atom stereocenters. The number of hydrogen-bond acceptors (Lipinski definition) is 4. The molecule has 0 radical (unpaired) electrons. The number of aryl methyl sites for hydroxylation is 2. The number of anilines is 1. The Morgan fingerprint density at radius 3 is 2.70 bits per heavy atom. The zero-order valence-electron chi connectivity index (χ0n) is 15.3. The Balaban J connectivity index is 1.53. The molecule has 1 aliphatic heterocycles. The van der Waals surface area contributed by atoms with Crippen LogP contribution in [-0.2, 0) is 11.4 Å². The molecule has 1 aliphatic rings. The Bertz CT molecular complexity index is 966. The Kier molecular flexibility index (Phi) is 4.90. The quantitative estimate of drug-likeness (QED) is 0.706. The van der Waals surface area contributed by atoms with Gasteiger partial charge < -0.3 is 10.1 Å². The molecule has 6 heteroatoms. The summed E-state index contributed by atoms with van der Waals surface area (Å²) in [7, 11) is 0. The van der Waals surface area contributed by atoms with Crippen molar-refractivity contribution >= 4 is 23.5 Å². The number of H-pyrrole nitrogens is 1. The number of carbonyl (C=O) groups excluding carboxylic acids is 1. The molecule has 2 N–H and O–H groups in total. The highest BCUT2D eigenvalue weighted by Gasteiger charge is 2.28.